The zero-order valence-corrected chi connectivity index (χ0v) is 14.4. The van der Waals surface area contributed by atoms with E-state index in [1.807, 2.05) is 31.7 Å². The number of nitrogens with zero attached hydrogens (tertiary/aromatic N) is 2. The summed E-state index contributed by atoms with van der Waals surface area (Å²) in [6.45, 7) is 2.77. The number of aliphatic imine (C=N–C) groups is 1. The first-order valence-electron chi connectivity index (χ1n) is 8.14. The van der Waals surface area contributed by atoms with Crippen molar-refractivity contribution in [1.82, 2.24) is 15.6 Å². The SMILES string of the molecule is CNC1C=CNC(Cl)=C1C=NCc1cnc(C2CCC2)c(C)c1. The molecule has 1 aliphatic heterocycles. The second-order valence-corrected chi connectivity index (χ2v) is 6.56. The van der Waals surface area contributed by atoms with Crippen molar-refractivity contribution in [2.45, 2.75) is 44.7 Å². The van der Waals surface area contributed by atoms with Gasteiger partial charge in [0.1, 0.15) is 5.16 Å². The molecule has 1 aromatic heterocycles. The van der Waals surface area contributed by atoms with Crippen LogP contribution in [-0.2, 0) is 6.54 Å². The van der Waals surface area contributed by atoms with Crippen LogP contribution in [0.2, 0.25) is 0 Å². The van der Waals surface area contributed by atoms with Gasteiger partial charge in [0.15, 0.2) is 0 Å². The zero-order valence-electron chi connectivity index (χ0n) is 13.6. The third kappa shape index (κ3) is 3.65. The van der Waals surface area contributed by atoms with E-state index < -0.39 is 0 Å². The number of halogens is 1. The minimum absolute atomic E-state index is 0.0911. The van der Waals surface area contributed by atoms with Gasteiger partial charge in [0.05, 0.1) is 12.6 Å². The first-order chi connectivity index (χ1) is 11.2. The van der Waals surface area contributed by atoms with Crippen LogP contribution < -0.4 is 10.6 Å². The fraction of sp³-hybridized carbons (Fsp3) is 0.444. The van der Waals surface area contributed by atoms with E-state index in [2.05, 4.69) is 33.6 Å². The maximum Gasteiger partial charge on any atom is 0.112 e. The normalized spacial score (nSPS) is 21.6. The summed E-state index contributed by atoms with van der Waals surface area (Å²) in [5, 5.41) is 6.83. The third-order valence-electron chi connectivity index (χ3n) is 4.57. The largest absolute Gasteiger partial charge is 0.352 e. The van der Waals surface area contributed by atoms with E-state index in [4.69, 9.17) is 11.6 Å². The van der Waals surface area contributed by atoms with Crippen LogP contribution in [0.15, 0.2) is 40.3 Å². The van der Waals surface area contributed by atoms with E-state index in [9.17, 15) is 0 Å². The van der Waals surface area contributed by atoms with Crippen LogP contribution in [0.5, 0.6) is 0 Å². The smallest absolute Gasteiger partial charge is 0.112 e. The number of nitrogens with one attached hydrogen (secondary N) is 2. The summed E-state index contributed by atoms with van der Waals surface area (Å²) < 4.78 is 0. The molecule has 1 fully saturated rings. The van der Waals surface area contributed by atoms with Crippen LogP contribution in [-0.4, -0.2) is 24.3 Å². The van der Waals surface area contributed by atoms with E-state index in [0.717, 1.165) is 11.1 Å². The molecule has 5 heteroatoms. The predicted octanol–water partition coefficient (Wildman–Crippen LogP) is 3.38. The summed E-state index contributed by atoms with van der Waals surface area (Å²) in [7, 11) is 1.91. The number of hydrogen-bond donors (Lipinski definition) is 2. The number of rotatable bonds is 5. The van der Waals surface area contributed by atoms with Crippen molar-refractivity contribution in [2.75, 3.05) is 7.05 Å². The number of aryl methyl sites for hydroxylation is 1. The van der Waals surface area contributed by atoms with Gasteiger partial charge < -0.3 is 10.6 Å². The van der Waals surface area contributed by atoms with Gasteiger partial charge in [0.25, 0.3) is 0 Å². The summed E-state index contributed by atoms with van der Waals surface area (Å²) in [5.74, 6) is 0.674. The molecule has 4 nitrogen and oxygen atoms in total. The molecule has 0 bridgehead atoms. The molecule has 0 saturated heterocycles. The molecule has 0 amide bonds. The molecule has 1 unspecified atom stereocenters. The monoisotopic (exact) mass is 330 g/mol. The highest BCUT2D eigenvalue weighted by molar-refractivity contribution is 6.31. The Labute approximate surface area is 142 Å². The Balaban J connectivity index is 1.67. The van der Waals surface area contributed by atoms with E-state index in [1.165, 1.54) is 30.5 Å². The van der Waals surface area contributed by atoms with Crippen molar-refractivity contribution >= 4 is 17.8 Å². The second-order valence-electron chi connectivity index (χ2n) is 6.18. The first-order valence-corrected chi connectivity index (χ1v) is 8.52. The molecule has 1 atom stereocenters. The lowest BCUT2D eigenvalue weighted by atomic mass is 9.81. The highest BCUT2D eigenvalue weighted by Crippen LogP contribution is 2.36. The minimum Gasteiger partial charge on any atom is -0.352 e. The van der Waals surface area contributed by atoms with Crippen molar-refractivity contribution < 1.29 is 0 Å². The van der Waals surface area contributed by atoms with E-state index in [1.54, 1.807) is 0 Å². The third-order valence-corrected chi connectivity index (χ3v) is 4.90. The summed E-state index contributed by atoms with van der Waals surface area (Å²) in [6, 6.07) is 2.30. The lowest BCUT2D eigenvalue weighted by molar-refractivity contribution is 0.409. The van der Waals surface area contributed by atoms with E-state index >= 15 is 0 Å². The van der Waals surface area contributed by atoms with Crippen molar-refractivity contribution in [3.63, 3.8) is 0 Å². The lowest BCUT2D eigenvalue weighted by Crippen LogP contribution is -2.31. The van der Waals surface area contributed by atoms with Crippen molar-refractivity contribution in [2.24, 2.45) is 4.99 Å². The maximum absolute atomic E-state index is 6.21. The second kappa shape index (κ2) is 7.28. The Morgan fingerprint density at radius 1 is 1.48 bits per heavy atom. The maximum atomic E-state index is 6.21. The molecule has 2 N–H and O–H groups in total. The molecule has 0 aromatic carbocycles. The number of dihydropyridines is 1. The molecule has 0 radical (unpaired) electrons. The van der Waals surface area contributed by atoms with Gasteiger partial charge in [-0.3, -0.25) is 9.98 Å². The number of pyridine rings is 1. The van der Waals surface area contributed by atoms with Crippen molar-refractivity contribution in [3.05, 3.63) is 52.1 Å². The zero-order chi connectivity index (χ0) is 16.2. The van der Waals surface area contributed by atoms with Gasteiger partial charge in [0.2, 0.25) is 0 Å². The number of hydrogen-bond acceptors (Lipinski definition) is 4. The minimum atomic E-state index is 0.0911. The summed E-state index contributed by atoms with van der Waals surface area (Å²) in [5.41, 5.74) is 4.65. The highest BCUT2D eigenvalue weighted by atomic mass is 35.5. The number of likely N-dealkylation sites (N-methyl/N-ethyl adjacent to an activating group) is 1. The summed E-state index contributed by atoms with van der Waals surface area (Å²) in [4.78, 5) is 9.21. The molecule has 122 valence electrons. The van der Waals surface area contributed by atoms with Gasteiger partial charge in [-0.05, 0) is 50.2 Å². The van der Waals surface area contributed by atoms with Gasteiger partial charge in [0, 0.05) is 29.6 Å². The average Bonchev–Trinajstić information content (AvgIpc) is 2.49. The molecule has 23 heavy (non-hydrogen) atoms. The molecule has 2 heterocycles. The molecular weight excluding hydrogens is 308 g/mol. The molecule has 3 rings (SSSR count). The Hall–Kier alpha value is -1.65. The Morgan fingerprint density at radius 3 is 2.96 bits per heavy atom. The standard InChI is InChI=1S/C18H23ClN4/c1-12-8-13(10-23-17(12)14-4-3-5-14)9-21-11-15-16(20-2)6-7-22-18(15)19/h6-8,10-11,14,16,20,22H,3-5,9H2,1-2H3. The molecule has 1 aromatic rings. The molecule has 2 aliphatic rings. The van der Waals surface area contributed by atoms with Crippen molar-refractivity contribution in [3.8, 4) is 0 Å². The molecule has 0 spiro atoms. The van der Waals surface area contributed by atoms with Gasteiger partial charge >= 0.3 is 0 Å². The van der Waals surface area contributed by atoms with E-state index in [-0.39, 0.29) is 6.04 Å². The van der Waals surface area contributed by atoms with Crippen LogP contribution in [0.25, 0.3) is 0 Å². The Bertz CT molecular complexity index is 659. The topological polar surface area (TPSA) is 49.3 Å². The van der Waals surface area contributed by atoms with Gasteiger partial charge in [-0.25, -0.2) is 0 Å². The highest BCUT2D eigenvalue weighted by Gasteiger charge is 2.22. The van der Waals surface area contributed by atoms with Crippen LogP contribution in [0.3, 0.4) is 0 Å². The van der Waals surface area contributed by atoms with Gasteiger partial charge in [-0.15, -0.1) is 0 Å². The lowest BCUT2D eigenvalue weighted by Gasteiger charge is -2.26. The quantitative estimate of drug-likeness (QED) is 0.642. The Kier molecular flexibility index (Phi) is 5.13. The summed E-state index contributed by atoms with van der Waals surface area (Å²) in [6.07, 6.45) is 11.6. The van der Waals surface area contributed by atoms with Gasteiger partial charge in [-0.2, -0.15) is 0 Å². The van der Waals surface area contributed by atoms with Crippen LogP contribution in [0.4, 0.5) is 0 Å². The molecule has 1 aliphatic carbocycles. The van der Waals surface area contributed by atoms with Crippen LogP contribution in [0.1, 0.15) is 42.0 Å². The first kappa shape index (κ1) is 16.2. The average molecular weight is 331 g/mol. The van der Waals surface area contributed by atoms with Gasteiger partial charge in [-0.1, -0.05) is 24.1 Å². The fourth-order valence-electron chi connectivity index (χ4n) is 3.02. The number of aromatic nitrogens is 1. The fourth-order valence-corrected chi connectivity index (χ4v) is 3.25. The summed E-state index contributed by atoms with van der Waals surface area (Å²) >= 11 is 6.21. The molecular formula is C18H23ClN4. The molecule has 1 saturated carbocycles. The van der Waals surface area contributed by atoms with Crippen LogP contribution in [0, 0.1) is 6.92 Å². The van der Waals surface area contributed by atoms with Crippen molar-refractivity contribution in [1.29, 1.82) is 0 Å². The Morgan fingerprint density at radius 2 is 2.30 bits per heavy atom. The van der Waals surface area contributed by atoms with E-state index in [0.29, 0.717) is 17.6 Å². The van der Waals surface area contributed by atoms with Crippen LogP contribution >= 0.6 is 11.6 Å². The predicted molar refractivity (Wildman–Crippen MR) is 95.8 cm³/mol.